The van der Waals surface area contributed by atoms with Gasteiger partial charge in [-0.3, -0.25) is 4.39 Å². The van der Waals surface area contributed by atoms with Crippen molar-refractivity contribution in [1.82, 2.24) is 0 Å². The Labute approximate surface area is 84.9 Å². The summed E-state index contributed by atoms with van der Waals surface area (Å²) in [5.74, 6) is -0.0128. The number of ether oxygens (including phenoxy) is 2. The quantitative estimate of drug-likeness (QED) is 0.393. The first-order valence-corrected chi connectivity index (χ1v) is 4.38. The van der Waals surface area contributed by atoms with E-state index in [2.05, 4.69) is 6.58 Å². The summed E-state index contributed by atoms with van der Waals surface area (Å²) in [5, 5.41) is 0. The van der Waals surface area contributed by atoms with Crippen molar-refractivity contribution in [2.24, 2.45) is 5.92 Å². The van der Waals surface area contributed by atoms with Gasteiger partial charge in [-0.2, -0.15) is 0 Å². The molecule has 0 saturated carbocycles. The van der Waals surface area contributed by atoms with Gasteiger partial charge in [0.05, 0.1) is 13.8 Å². The van der Waals surface area contributed by atoms with Crippen LogP contribution in [0.25, 0.3) is 0 Å². The van der Waals surface area contributed by atoms with Crippen LogP contribution in [0.1, 0.15) is 20.8 Å². The summed E-state index contributed by atoms with van der Waals surface area (Å²) >= 11 is 0. The highest BCUT2D eigenvalue weighted by Crippen LogP contribution is 1.99. The Hall–Kier alpha value is -0.900. The van der Waals surface area contributed by atoms with Crippen LogP contribution in [0.5, 0.6) is 0 Å². The maximum absolute atomic E-state index is 10.6. The number of hydrogen-bond donors (Lipinski definition) is 0. The van der Waals surface area contributed by atoms with E-state index in [-0.39, 0.29) is 0 Å². The third kappa shape index (κ3) is 11.1. The van der Waals surface area contributed by atoms with Gasteiger partial charge in [-0.25, -0.2) is 4.79 Å². The molecule has 0 aromatic carbocycles. The van der Waals surface area contributed by atoms with Gasteiger partial charge in [-0.15, -0.1) is 0 Å². The van der Waals surface area contributed by atoms with E-state index >= 15 is 0 Å². The molecule has 0 rings (SSSR count). The highest BCUT2D eigenvalue weighted by Gasteiger charge is 2.06. The van der Waals surface area contributed by atoms with E-state index in [1.807, 2.05) is 13.8 Å². The third-order valence-electron chi connectivity index (χ3n) is 1.11. The number of hydrogen-bond acceptors (Lipinski definition) is 3. The van der Waals surface area contributed by atoms with Crippen molar-refractivity contribution in [1.29, 1.82) is 0 Å². The summed E-state index contributed by atoms with van der Waals surface area (Å²) in [6.07, 6.45) is 0.632. The van der Waals surface area contributed by atoms with Gasteiger partial charge >= 0.3 is 5.97 Å². The molecule has 0 amide bonds. The number of esters is 1. The van der Waals surface area contributed by atoms with E-state index in [1.165, 1.54) is 0 Å². The lowest BCUT2D eigenvalue weighted by Crippen LogP contribution is -2.18. The second-order valence-electron chi connectivity index (χ2n) is 2.94. The lowest BCUT2D eigenvalue weighted by molar-refractivity contribution is -0.170. The van der Waals surface area contributed by atoms with Gasteiger partial charge in [0.25, 0.3) is 0 Å². The molecule has 0 N–H and O–H groups in total. The molecule has 0 aromatic heterocycles. The predicted octanol–water partition coefficient (Wildman–Crippen LogP) is 2.32. The van der Waals surface area contributed by atoms with Crippen LogP contribution in [0.15, 0.2) is 12.7 Å². The summed E-state index contributed by atoms with van der Waals surface area (Å²) in [4.78, 5) is 10.6. The van der Waals surface area contributed by atoms with Crippen molar-refractivity contribution in [3.05, 3.63) is 12.7 Å². The first kappa shape index (κ1) is 15.6. The lowest BCUT2D eigenvalue weighted by Gasteiger charge is -2.14. The molecule has 0 saturated heterocycles. The Morgan fingerprint density at radius 1 is 1.43 bits per heavy atom. The Kier molecular flexibility index (Phi) is 11.3. The van der Waals surface area contributed by atoms with E-state index in [0.29, 0.717) is 19.7 Å². The molecule has 3 nitrogen and oxygen atoms in total. The molecule has 1 unspecified atom stereocenters. The molecule has 0 fully saturated rings. The van der Waals surface area contributed by atoms with Gasteiger partial charge in [0.2, 0.25) is 0 Å². The summed E-state index contributed by atoms with van der Waals surface area (Å²) in [6, 6.07) is 0. The summed E-state index contributed by atoms with van der Waals surface area (Å²) in [5.41, 5.74) is 0. The minimum Gasteiger partial charge on any atom is -0.433 e. The zero-order valence-corrected chi connectivity index (χ0v) is 9.25. The smallest absolute Gasteiger partial charge is 0.332 e. The molecule has 1 atom stereocenters. The van der Waals surface area contributed by atoms with E-state index in [0.717, 1.165) is 6.08 Å². The first-order valence-electron chi connectivity index (χ1n) is 4.38. The summed E-state index contributed by atoms with van der Waals surface area (Å²) in [7, 11) is 0.500. The first-order chi connectivity index (χ1) is 6.56. The van der Waals surface area contributed by atoms with E-state index in [1.54, 1.807) is 6.92 Å². The molecule has 4 heteroatoms. The lowest BCUT2D eigenvalue weighted by atomic mass is 10.2. The molecule has 0 radical (unpaired) electrons. The molecule has 0 heterocycles. The highest BCUT2D eigenvalue weighted by molar-refractivity contribution is 5.81. The molecule has 14 heavy (non-hydrogen) atoms. The summed E-state index contributed by atoms with van der Waals surface area (Å²) in [6.45, 7) is 9.61. The second-order valence-corrected chi connectivity index (χ2v) is 2.94. The molecule has 0 aliphatic rings. The predicted molar refractivity (Wildman–Crippen MR) is 53.6 cm³/mol. The largest absolute Gasteiger partial charge is 0.433 e. The zero-order valence-electron chi connectivity index (χ0n) is 9.25. The van der Waals surface area contributed by atoms with Gasteiger partial charge in [-0.05, 0) is 12.8 Å². The van der Waals surface area contributed by atoms with E-state index in [9.17, 15) is 9.18 Å². The van der Waals surface area contributed by atoms with Crippen LogP contribution in [-0.2, 0) is 14.3 Å². The van der Waals surface area contributed by atoms with Crippen molar-refractivity contribution < 1.29 is 18.7 Å². The number of carbonyl (C=O) groups excluding carboxylic acids is 1. The Bertz CT molecular complexity index is 157. The maximum atomic E-state index is 10.6. The van der Waals surface area contributed by atoms with Gasteiger partial charge < -0.3 is 9.47 Å². The molecule has 0 aliphatic carbocycles. The Morgan fingerprint density at radius 2 is 1.93 bits per heavy atom. The van der Waals surface area contributed by atoms with Crippen LogP contribution in [-0.4, -0.2) is 26.0 Å². The van der Waals surface area contributed by atoms with Crippen molar-refractivity contribution in [3.8, 4) is 0 Å². The fourth-order valence-electron chi connectivity index (χ4n) is 0.574. The fourth-order valence-corrected chi connectivity index (χ4v) is 0.574. The van der Waals surface area contributed by atoms with Crippen molar-refractivity contribution in [2.75, 3.05) is 13.8 Å². The molecule has 0 aromatic rings. The standard InChI is InChI=1S/C9H16O3.CH3F/c1-5-9(10)12-8(4)11-6-7(2)3;1-2/h5,7-8H,1,6H2,2-4H3;1H3. The van der Waals surface area contributed by atoms with Gasteiger partial charge in [0.1, 0.15) is 0 Å². The monoisotopic (exact) mass is 206 g/mol. The number of halogens is 1. The van der Waals surface area contributed by atoms with Crippen LogP contribution in [0.3, 0.4) is 0 Å². The van der Waals surface area contributed by atoms with Crippen molar-refractivity contribution in [3.63, 3.8) is 0 Å². The van der Waals surface area contributed by atoms with Crippen molar-refractivity contribution >= 4 is 5.97 Å². The zero-order chi connectivity index (χ0) is 11.6. The van der Waals surface area contributed by atoms with E-state index in [4.69, 9.17) is 9.47 Å². The van der Waals surface area contributed by atoms with Crippen LogP contribution in [0.4, 0.5) is 4.39 Å². The topological polar surface area (TPSA) is 35.5 Å². The molecular formula is C10H19FO3. The Morgan fingerprint density at radius 3 is 2.29 bits per heavy atom. The second kappa shape index (κ2) is 10.2. The molecular weight excluding hydrogens is 187 g/mol. The van der Waals surface area contributed by atoms with Gasteiger partial charge in [0.15, 0.2) is 6.29 Å². The summed E-state index contributed by atoms with van der Waals surface area (Å²) < 4.78 is 19.5. The van der Waals surface area contributed by atoms with Crippen LogP contribution in [0, 0.1) is 5.92 Å². The van der Waals surface area contributed by atoms with E-state index < -0.39 is 12.3 Å². The Balaban J connectivity index is 0. The number of alkyl halides is 1. The normalized spacial score (nSPS) is 11.3. The molecule has 0 spiro atoms. The minimum atomic E-state index is -0.488. The fraction of sp³-hybridized carbons (Fsp3) is 0.700. The highest BCUT2D eigenvalue weighted by atomic mass is 19.1. The third-order valence-corrected chi connectivity index (χ3v) is 1.11. The van der Waals surface area contributed by atoms with Crippen LogP contribution in [0.2, 0.25) is 0 Å². The van der Waals surface area contributed by atoms with Crippen molar-refractivity contribution in [2.45, 2.75) is 27.1 Å². The molecule has 84 valence electrons. The van der Waals surface area contributed by atoms with Gasteiger partial charge in [-0.1, -0.05) is 20.4 Å². The average Bonchev–Trinajstić information content (AvgIpc) is 2.17. The van der Waals surface area contributed by atoms with Gasteiger partial charge in [0, 0.05) is 6.08 Å². The van der Waals surface area contributed by atoms with Crippen LogP contribution >= 0.6 is 0 Å². The number of carbonyl (C=O) groups is 1. The van der Waals surface area contributed by atoms with Crippen LogP contribution < -0.4 is 0 Å². The average molecular weight is 206 g/mol. The maximum Gasteiger partial charge on any atom is 0.332 e. The minimum absolute atomic E-state index is 0.440. The molecule has 0 bridgehead atoms. The SMILES string of the molecule is C=CC(=O)OC(C)OCC(C)C.CF. The molecule has 0 aliphatic heterocycles. The number of rotatable bonds is 5.